The molecule has 2 N–H and O–H groups in total. The Morgan fingerprint density at radius 3 is 2.42 bits per heavy atom. The molecule has 1 aliphatic rings. The third-order valence-corrected chi connectivity index (χ3v) is 4.77. The first-order chi connectivity index (χ1) is 9.04. The molecule has 2 rings (SSSR count). The molecule has 1 fully saturated rings. The van der Waals surface area contributed by atoms with E-state index in [1.54, 1.807) is 7.11 Å². The van der Waals surface area contributed by atoms with E-state index in [0.29, 0.717) is 12.5 Å². The molecule has 2 nitrogen and oxygen atoms in total. The topological polar surface area (TPSA) is 35.2 Å². The van der Waals surface area contributed by atoms with Crippen LogP contribution in [0.2, 0.25) is 5.02 Å². The second-order valence-corrected chi connectivity index (χ2v) is 6.33. The van der Waals surface area contributed by atoms with Gasteiger partial charge in [0.05, 0.1) is 7.11 Å². The fraction of sp³-hybridized carbons (Fsp3) is 0.625. The summed E-state index contributed by atoms with van der Waals surface area (Å²) >= 11 is 6.48. The molecular weight excluding hydrogens is 258 g/mol. The van der Waals surface area contributed by atoms with Crippen LogP contribution >= 0.6 is 11.6 Å². The normalized spacial score (nSPS) is 18.0. The van der Waals surface area contributed by atoms with Crippen molar-refractivity contribution in [1.29, 1.82) is 0 Å². The van der Waals surface area contributed by atoms with Crippen LogP contribution in [0.1, 0.15) is 56.6 Å². The first kappa shape index (κ1) is 14.7. The van der Waals surface area contributed by atoms with Gasteiger partial charge in [-0.3, -0.25) is 0 Å². The molecule has 0 aliphatic heterocycles. The summed E-state index contributed by atoms with van der Waals surface area (Å²) in [6.45, 7) is 4.96. The van der Waals surface area contributed by atoms with Crippen LogP contribution < -0.4 is 10.5 Å². The van der Waals surface area contributed by atoms with E-state index < -0.39 is 0 Å². The van der Waals surface area contributed by atoms with Crippen molar-refractivity contribution in [2.75, 3.05) is 13.7 Å². The van der Waals surface area contributed by atoms with Crippen molar-refractivity contribution in [2.45, 2.75) is 50.9 Å². The van der Waals surface area contributed by atoms with E-state index >= 15 is 0 Å². The maximum atomic E-state index is 6.48. The number of benzene rings is 1. The molecule has 1 aromatic carbocycles. The van der Waals surface area contributed by atoms with Gasteiger partial charge in [-0.25, -0.2) is 0 Å². The molecule has 19 heavy (non-hydrogen) atoms. The van der Waals surface area contributed by atoms with E-state index in [-0.39, 0.29) is 5.41 Å². The average Bonchev–Trinajstić information content (AvgIpc) is 2.87. The largest absolute Gasteiger partial charge is 0.496 e. The Morgan fingerprint density at radius 1 is 1.32 bits per heavy atom. The van der Waals surface area contributed by atoms with Crippen molar-refractivity contribution in [3.63, 3.8) is 0 Å². The van der Waals surface area contributed by atoms with E-state index in [2.05, 4.69) is 26.0 Å². The number of rotatable bonds is 4. The Hall–Kier alpha value is -0.730. The van der Waals surface area contributed by atoms with Gasteiger partial charge >= 0.3 is 0 Å². The van der Waals surface area contributed by atoms with Gasteiger partial charge in [-0.1, -0.05) is 38.3 Å². The zero-order valence-electron chi connectivity index (χ0n) is 12.1. The van der Waals surface area contributed by atoms with Gasteiger partial charge in [-0.15, -0.1) is 0 Å². The van der Waals surface area contributed by atoms with Crippen molar-refractivity contribution in [1.82, 2.24) is 0 Å². The smallest absolute Gasteiger partial charge is 0.124 e. The molecule has 0 unspecified atom stereocenters. The lowest BCUT2D eigenvalue weighted by Crippen LogP contribution is -2.32. The maximum Gasteiger partial charge on any atom is 0.124 e. The fourth-order valence-corrected chi connectivity index (χ4v) is 3.72. The summed E-state index contributed by atoms with van der Waals surface area (Å²) in [6, 6.07) is 4.26. The zero-order valence-corrected chi connectivity index (χ0v) is 12.9. The monoisotopic (exact) mass is 281 g/mol. The molecule has 0 spiro atoms. The lowest BCUT2D eigenvalue weighted by molar-refractivity contribution is 0.401. The number of hydrogen-bond donors (Lipinski definition) is 1. The minimum atomic E-state index is 0.104. The highest BCUT2D eigenvalue weighted by atomic mass is 35.5. The van der Waals surface area contributed by atoms with Crippen LogP contribution in [0, 0.1) is 0 Å². The standard InChI is InChI=1S/C16H24ClNO/c1-11(2)15-13(17)8-12(9-14(15)19-3)16(10-18)6-4-5-7-16/h8-9,11H,4-7,10,18H2,1-3H3. The predicted molar refractivity (Wildman–Crippen MR) is 81.3 cm³/mol. The summed E-state index contributed by atoms with van der Waals surface area (Å²) < 4.78 is 5.55. The van der Waals surface area contributed by atoms with Gasteiger partial charge in [0, 0.05) is 22.5 Å². The molecule has 0 heterocycles. The van der Waals surface area contributed by atoms with Gasteiger partial charge in [0.2, 0.25) is 0 Å². The van der Waals surface area contributed by atoms with Crippen molar-refractivity contribution in [3.05, 3.63) is 28.3 Å². The molecule has 0 atom stereocenters. The van der Waals surface area contributed by atoms with Crippen molar-refractivity contribution in [2.24, 2.45) is 5.73 Å². The highest BCUT2D eigenvalue weighted by Gasteiger charge is 2.35. The van der Waals surface area contributed by atoms with Crippen LogP contribution in [0.4, 0.5) is 0 Å². The quantitative estimate of drug-likeness (QED) is 0.896. The highest BCUT2D eigenvalue weighted by molar-refractivity contribution is 6.31. The molecule has 0 saturated heterocycles. The molecule has 0 aromatic heterocycles. The lowest BCUT2D eigenvalue weighted by atomic mass is 9.78. The van der Waals surface area contributed by atoms with Gasteiger partial charge < -0.3 is 10.5 Å². The Morgan fingerprint density at radius 2 is 1.95 bits per heavy atom. The number of ether oxygens (including phenoxy) is 1. The average molecular weight is 282 g/mol. The second kappa shape index (κ2) is 5.72. The zero-order chi connectivity index (χ0) is 14.0. The first-order valence-electron chi connectivity index (χ1n) is 7.12. The third-order valence-electron chi connectivity index (χ3n) is 4.45. The van der Waals surface area contributed by atoms with Gasteiger partial charge in [0.1, 0.15) is 5.75 Å². The summed E-state index contributed by atoms with van der Waals surface area (Å²) in [5.74, 6) is 1.26. The molecule has 1 saturated carbocycles. The molecule has 0 amide bonds. The van der Waals surface area contributed by atoms with Crippen LogP contribution in [-0.4, -0.2) is 13.7 Å². The summed E-state index contributed by atoms with van der Waals surface area (Å²) in [5, 5.41) is 0.809. The van der Waals surface area contributed by atoms with Crippen LogP contribution in [0.3, 0.4) is 0 Å². The van der Waals surface area contributed by atoms with E-state index in [1.165, 1.54) is 18.4 Å². The van der Waals surface area contributed by atoms with E-state index in [4.69, 9.17) is 22.1 Å². The summed E-state index contributed by atoms with van der Waals surface area (Å²) in [7, 11) is 1.71. The molecule has 3 heteroatoms. The minimum absolute atomic E-state index is 0.104. The number of nitrogens with two attached hydrogens (primary N) is 1. The predicted octanol–water partition coefficient (Wildman–Crippen LogP) is 4.24. The third kappa shape index (κ3) is 2.61. The molecule has 0 radical (unpaired) electrons. The molecule has 1 aliphatic carbocycles. The van der Waals surface area contributed by atoms with Crippen molar-refractivity contribution in [3.8, 4) is 5.75 Å². The van der Waals surface area contributed by atoms with Crippen LogP contribution in [0.5, 0.6) is 5.75 Å². The van der Waals surface area contributed by atoms with Gasteiger partial charge in [-0.2, -0.15) is 0 Å². The van der Waals surface area contributed by atoms with Crippen molar-refractivity contribution < 1.29 is 4.74 Å². The minimum Gasteiger partial charge on any atom is -0.496 e. The first-order valence-corrected chi connectivity index (χ1v) is 7.50. The van der Waals surface area contributed by atoms with E-state index in [0.717, 1.165) is 29.2 Å². The number of halogens is 1. The molecule has 0 bridgehead atoms. The van der Waals surface area contributed by atoms with Gasteiger partial charge in [0.15, 0.2) is 0 Å². The lowest BCUT2D eigenvalue weighted by Gasteiger charge is -2.29. The Bertz CT molecular complexity index is 450. The number of hydrogen-bond acceptors (Lipinski definition) is 2. The maximum absolute atomic E-state index is 6.48. The van der Waals surface area contributed by atoms with E-state index in [1.807, 2.05) is 0 Å². The van der Waals surface area contributed by atoms with Gasteiger partial charge in [0.25, 0.3) is 0 Å². The number of methoxy groups -OCH3 is 1. The molecule has 106 valence electrons. The fourth-order valence-electron chi connectivity index (χ4n) is 3.29. The van der Waals surface area contributed by atoms with Crippen LogP contribution in [0.25, 0.3) is 0 Å². The van der Waals surface area contributed by atoms with Crippen LogP contribution in [-0.2, 0) is 5.41 Å². The van der Waals surface area contributed by atoms with E-state index in [9.17, 15) is 0 Å². The summed E-state index contributed by atoms with van der Waals surface area (Å²) in [6.07, 6.45) is 4.82. The SMILES string of the molecule is COc1cc(C2(CN)CCCC2)cc(Cl)c1C(C)C. The Labute approximate surface area is 121 Å². The highest BCUT2D eigenvalue weighted by Crippen LogP contribution is 2.44. The molecular formula is C16H24ClNO. The van der Waals surface area contributed by atoms with Crippen molar-refractivity contribution >= 4 is 11.6 Å². The Balaban J connectivity index is 2.51. The summed E-state index contributed by atoms with van der Waals surface area (Å²) in [5.41, 5.74) is 8.50. The molecule has 1 aromatic rings. The van der Waals surface area contributed by atoms with Crippen LogP contribution in [0.15, 0.2) is 12.1 Å². The van der Waals surface area contributed by atoms with Gasteiger partial charge in [-0.05, 0) is 36.5 Å². The second-order valence-electron chi connectivity index (χ2n) is 5.92. The summed E-state index contributed by atoms with van der Waals surface area (Å²) in [4.78, 5) is 0. The Kier molecular flexibility index (Phi) is 4.42.